The van der Waals surface area contributed by atoms with E-state index in [1.165, 1.54) is 4.90 Å². The van der Waals surface area contributed by atoms with Crippen molar-refractivity contribution >= 4 is 17.8 Å². The normalized spacial score (nSPS) is 15.8. The molecule has 0 radical (unpaired) electrons. The number of amides is 4. The number of rotatable bonds is 6. The zero-order valence-electron chi connectivity index (χ0n) is 18.8. The summed E-state index contributed by atoms with van der Waals surface area (Å²) in [5, 5.41) is 2.93. The Morgan fingerprint density at radius 3 is 2.42 bits per heavy atom. The summed E-state index contributed by atoms with van der Waals surface area (Å²) in [6.07, 6.45) is 0.202. The Kier molecular flexibility index (Phi) is 6.54. The number of benzene rings is 3. The highest BCUT2D eigenvalue weighted by atomic mass is 16.2. The average molecular weight is 442 g/mol. The zero-order chi connectivity index (χ0) is 23.4. The Morgan fingerprint density at radius 1 is 0.970 bits per heavy atom. The van der Waals surface area contributed by atoms with Crippen LogP contribution >= 0.6 is 0 Å². The summed E-state index contributed by atoms with van der Waals surface area (Å²) in [4.78, 5) is 41.3. The van der Waals surface area contributed by atoms with Gasteiger partial charge in [-0.3, -0.25) is 14.5 Å². The molecule has 33 heavy (non-hydrogen) atoms. The number of hydrogen-bond donors (Lipinski definition) is 1. The molecule has 1 saturated heterocycles. The average Bonchev–Trinajstić information content (AvgIpc) is 2.81. The quantitative estimate of drug-likeness (QED) is 0.614. The van der Waals surface area contributed by atoms with Crippen molar-refractivity contribution in [2.45, 2.75) is 32.5 Å². The maximum absolute atomic E-state index is 12.9. The molecular weight excluding hydrogens is 414 g/mol. The van der Waals surface area contributed by atoms with Crippen LogP contribution in [0.2, 0.25) is 0 Å². The van der Waals surface area contributed by atoms with Crippen LogP contribution in [0.15, 0.2) is 78.9 Å². The van der Waals surface area contributed by atoms with E-state index in [9.17, 15) is 14.4 Å². The summed E-state index contributed by atoms with van der Waals surface area (Å²) in [6, 6.07) is 23.9. The highest BCUT2D eigenvalue weighted by Crippen LogP contribution is 2.24. The molecule has 0 saturated carbocycles. The van der Waals surface area contributed by atoms with Crippen molar-refractivity contribution in [3.05, 3.63) is 107 Å². The van der Waals surface area contributed by atoms with Gasteiger partial charge in [-0.25, -0.2) is 4.79 Å². The number of hydrogen-bond acceptors (Lipinski definition) is 3. The second-order valence-corrected chi connectivity index (χ2v) is 8.45. The Morgan fingerprint density at radius 2 is 1.70 bits per heavy atom. The minimum atomic E-state index is -0.421. The van der Waals surface area contributed by atoms with E-state index in [0.29, 0.717) is 12.1 Å². The monoisotopic (exact) mass is 441 g/mol. The maximum atomic E-state index is 12.9. The number of nitrogens with one attached hydrogen (secondary N) is 1. The summed E-state index contributed by atoms with van der Waals surface area (Å²) in [7, 11) is 1.76. The van der Waals surface area contributed by atoms with Gasteiger partial charge >= 0.3 is 6.03 Å². The fourth-order valence-corrected chi connectivity index (χ4v) is 4.06. The van der Waals surface area contributed by atoms with Crippen molar-refractivity contribution in [2.24, 2.45) is 0 Å². The topological polar surface area (TPSA) is 69.7 Å². The molecule has 168 valence electrons. The molecule has 1 aliphatic rings. The van der Waals surface area contributed by atoms with Crippen LogP contribution in [0.5, 0.6) is 0 Å². The van der Waals surface area contributed by atoms with E-state index in [4.69, 9.17) is 0 Å². The molecular formula is C27H27N3O3. The standard InChI is InChI=1S/C27H27N3O3/c1-19-8-6-12-22(14-19)24-16-25(31)30(27(33)28-24)18-21-11-7-13-23(15-21)26(32)29(2)17-20-9-4-3-5-10-20/h3-15,24H,16-18H2,1-2H3,(H,28,33). The lowest BCUT2D eigenvalue weighted by molar-refractivity contribution is -0.130. The molecule has 0 bridgehead atoms. The van der Waals surface area contributed by atoms with Crippen molar-refractivity contribution in [2.75, 3.05) is 7.05 Å². The van der Waals surface area contributed by atoms with Crippen LogP contribution in [-0.2, 0) is 17.9 Å². The van der Waals surface area contributed by atoms with E-state index in [1.54, 1.807) is 30.1 Å². The first-order chi connectivity index (χ1) is 15.9. The first-order valence-electron chi connectivity index (χ1n) is 11.0. The lowest BCUT2D eigenvalue weighted by atomic mass is 9.99. The molecule has 3 aromatic carbocycles. The van der Waals surface area contributed by atoms with Gasteiger partial charge in [-0.05, 0) is 35.7 Å². The Balaban J connectivity index is 1.43. The number of imide groups is 1. The molecule has 6 heteroatoms. The summed E-state index contributed by atoms with van der Waals surface area (Å²) in [5.74, 6) is -0.349. The van der Waals surface area contributed by atoms with E-state index >= 15 is 0 Å². The third-order valence-electron chi connectivity index (χ3n) is 5.79. The van der Waals surface area contributed by atoms with E-state index in [0.717, 1.165) is 22.3 Å². The Labute approximate surface area is 193 Å². The largest absolute Gasteiger partial charge is 0.337 e. The highest BCUT2D eigenvalue weighted by molar-refractivity contribution is 5.97. The van der Waals surface area contributed by atoms with Gasteiger partial charge in [-0.1, -0.05) is 72.3 Å². The lowest BCUT2D eigenvalue weighted by Crippen LogP contribution is -2.50. The molecule has 6 nitrogen and oxygen atoms in total. The van der Waals surface area contributed by atoms with Crippen molar-refractivity contribution < 1.29 is 14.4 Å². The van der Waals surface area contributed by atoms with Gasteiger partial charge in [0, 0.05) is 19.2 Å². The summed E-state index contributed by atoms with van der Waals surface area (Å²) >= 11 is 0. The number of urea groups is 1. The van der Waals surface area contributed by atoms with Gasteiger partial charge in [0.15, 0.2) is 0 Å². The molecule has 1 unspecified atom stereocenters. The fourth-order valence-electron chi connectivity index (χ4n) is 4.06. The summed E-state index contributed by atoms with van der Waals surface area (Å²) in [5.41, 5.74) is 4.30. The molecule has 0 spiro atoms. The van der Waals surface area contributed by atoms with Crippen LogP contribution in [0, 0.1) is 6.92 Å². The van der Waals surface area contributed by atoms with E-state index in [-0.39, 0.29) is 30.8 Å². The van der Waals surface area contributed by atoms with Gasteiger partial charge in [-0.2, -0.15) is 0 Å². The van der Waals surface area contributed by atoms with Crippen LogP contribution in [-0.4, -0.2) is 34.7 Å². The van der Waals surface area contributed by atoms with Gasteiger partial charge in [0.05, 0.1) is 19.0 Å². The van der Waals surface area contributed by atoms with Crippen molar-refractivity contribution in [3.63, 3.8) is 0 Å². The summed E-state index contributed by atoms with van der Waals surface area (Å²) in [6.45, 7) is 2.60. The molecule has 1 N–H and O–H groups in total. The second-order valence-electron chi connectivity index (χ2n) is 8.45. The predicted molar refractivity (Wildman–Crippen MR) is 126 cm³/mol. The van der Waals surface area contributed by atoms with Crippen molar-refractivity contribution in [3.8, 4) is 0 Å². The third-order valence-corrected chi connectivity index (χ3v) is 5.79. The fraction of sp³-hybridized carbons (Fsp3) is 0.222. The lowest BCUT2D eigenvalue weighted by Gasteiger charge is -2.31. The van der Waals surface area contributed by atoms with Crippen LogP contribution < -0.4 is 5.32 Å². The van der Waals surface area contributed by atoms with Crippen LogP contribution in [0.4, 0.5) is 4.79 Å². The molecule has 4 amide bonds. The molecule has 1 heterocycles. The smallest absolute Gasteiger partial charge is 0.324 e. The second kappa shape index (κ2) is 9.69. The zero-order valence-corrected chi connectivity index (χ0v) is 18.8. The van der Waals surface area contributed by atoms with Gasteiger partial charge in [0.2, 0.25) is 5.91 Å². The molecule has 1 atom stereocenters. The first kappa shape index (κ1) is 22.3. The molecule has 1 fully saturated rings. The van der Waals surface area contributed by atoms with E-state index in [1.807, 2.05) is 67.6 Å². The number of nitrogens with zero attached hydrogens (tertiary/aromatic N) is 2. The Hall–Kier alpha value is -3.93. The molecule has 3 aromatic rings. The molecule has 1 aliphatic heterocycles. The molecule has 0 aliphatic carbocycles. The molecule has 0 aromatic heterocycles. The first-order valence-corrected chi connectivity index (χ1v) is 11.0. The van der Waals surface area contributed by atoms with Crippen LogP contribution in [0.1, 0.15) is 45.1 Å². The van der Waals surface area contributed by atoms with E-state index < -0.39 is 6.03 Å². The SMILES string of the molecule is Cc1cccc(C2CC(=O)N(Cc3cccc(C(=O)N(C)Cc4ccccc4)c3)C(=O)N2)c1. The Bertz CT molecular complexity index is 1160. The van der Waals surface area contributed by atoms with Crippen molar-refractivity contribution in [1.29, 1.82) is 0 Å². The minimum Gasteiger partial charge on any atom is -0.337 e. The highest BCUT2D eigenvalue weighted by Gasteiger charge is 2.32. The van der Waals surface area contributed by atoms with E-state index in [2.05, 4.69) is 5.32 Å². The van der Waals surface area contributed by atoms with Crippen LogP contribution in [0.3, 0.4) is 0 Å². The van der Waals surface area contributed by atoms with Gasteiger partial charge < -0.3 is 10.2 Å². The minimum absolute atomic E-state index is 0.116. The van der Waals surface area contributed by atoms with Gasteiger partial charge in [0.1, 0.15) is 0 Å². The van der Waals surface area contributed by atoms with Crippen LogP contribution in [0.25, 0.3) is 0 Å². The van der Waals surface area contributed by atoms with Gasteiger partial charge in [-0.15, -0.1) is 0 Å². The number of carbonyl (C=O) groups excluding carboxylic acids is 3. The number of aryl methyl sites for hydroxylation is 1. The molecule has 4 rings (SSSR count). The third kappa shape index (κ3) is 5.29. The summed E-state index contributed by atoms with van der Waals surface area (Å²) < 4.78 is 0. The van der Waals surface area contributed by atoms with Crippen molar-refractivity contribution in [1.82, 2.24) is 15.1 Å². The number of carbonyl (C=O) groups is 3. The maximum Gasteiger partial charge on any atom is 0.324 e. The predicted octanol–water partition coefficient (Wildman–Crippen LogP) is 4.45. The van der Waals surface area contributed by atoms with Gasteiger partial charge in [0.25, 0.3) is 5.91 Å².